The van der Waals surface area contributed by atoms with Crippen molar-refractivity contribution in [1.29, 1.82) is 5.26 Å². The molecule has 0 radical (unpaired) electrons. The molecule has 4 rings (SSSR count). The zero-order valence-corrected chi connectivity index (χ0v) is 14.1. The summed E-state index contributed by atoms with van der Waals surface area (Å²) in [6, 6.07) is 15.5. The van der Waals surface area contributed by atoms with Gasteiger partial charge in [0.25, 0.3) is 0 Å². The number of para-hydroxylation sites is 1. The monoisotopic (exact) mass is 344 g/mol. The van der Waals surface area contributed by atoms with Gasteiger partial charge in [-0.3, -0.25) is 0 Å². The molecule has 1 atom stereocenters. The molecule has 6 nitrogen and oxygen atoms in total. The van der Waals surface area contributed by atoms with E-state index in [9.17, 15) is 5.26 Å². The van der Waals surface area contributed by atoms with Gasteiger partial charge in [0.15, 0.2) is 0 Å². The summed E-state index contributed by atoms with van der Waals surface area (Å²) in [7, 11) is 0. The lowest BCUT2D eigenvalue weighted by Crippen LogP contribution is -2.20. The molecular formula is C20H16N4O2. The van der Waals surface area contributed by atoms with E-state index in [2.05, 4.69) is 11.2 Å². The van der Waals surface area contributed by atoms with Crippen molar-refractivity contribution in [2.45, 2.75) is 12.8 Å². The van der Waals surface area contributed by atoms with Gasteiger partial charge in [0.2, 0.25) is 11.8 Å². The van der Waals surface area contributed by atoms with Gasteiger partial charge in [-0.25, -0.2) is 4.68 Å². The zero-order valence-electron chi connectivity index (χ0n) is 14.1. The molecule has 26 heavy (non-hydrogen) atoms. The molecule has 1 unspecified atom stereocenters. The van der Waals surface area contributed by atoms with Gasteiger partial charge in [-0.1, -0.05) is 24.3 Å². The maximum atomic E-state index is 9.58. The first-order valence-corrected chi connectivity index (χ1v) is 8.13. The molecule has 3 aromatic rings. The maximum Gasteiger partial charge on any atom is 0.229 e. The Balaban J connectivity index is 1.85. The molecule has 6 heteroatoms. The summed E-state index contributed by atoms with van der Waals surface area (Å²) < 4.78 is 12.8. The maximum absolute atomic E-state index is 9.58. The Kier molecular flexibility index (Phi) is 3.82. The van der Waals surface area contributed by atoms with Crippen LogP contribution in [0.5, 0.6) is 5.88 Å². The van der Waals surface area contributed by atoms with Crippen molar-refractivity contribution in [3.8, 4) is 17.6 Å². The van der Waals surface area contributed by atoms with E-state index in [4.69, 9.17) is 14.9 Å². The topological polar surface area (TPSA) is 90.0 Å². The van der Waals surface area contributed by atoms with Crippen molar-refractivity contribution in [3.05, 3.63) is 83.3 Å². The SMILES string of the molecule is Cc1nn(-c2ccccc2)c2c1C(/C=C/c1ccco1)C(C#N)=C(N)O2. The average Bonchev–Trinajstić information content (AvgIpc) is 3.28. The Bertz CT molecular complexity index is 1040. The lowest BCUT2D eigenvalue weighted by atomic mass is 9.90. The molecule has 0 bridgehead atoms. The summed E-state index contributed by atoms with van der Waals surface area (Å²) in [6.07, 6.45) is 5.31. The quantitative estimate of drug-likeness (QED) is 0.783. The molecule has 2 aromatic heterocycles. The highest BCUT2D eigenvalue weighted by Crippen LogP contribution is 2.42. The molecule has 0 amide bonds. The van der Waals surface area contributed by atoms with Crippen LogP contribution in [0, 0.1) is 18.3 Å². The second-order valence-electron chi connectivity index (χ2n) is 5.90. The van der Waals surface area contributed by atoms with E-state index in [1.54, 1.807) is 10.9 Å². The molecule has 0 saturated heterocycles. The van der Waals surface area contributed by atoms with Crippen LogP contribution >= 0.6 is 0 Å². The summed E-state index contributed by atoms with van der Waals surface area (Å²) in [4.78, 5) is 0. The molecule has 1 aromatic carbocycles. The van der Waals surface area contributed by atoms with Gasteiger partial charge in [-0.05, 0) is 37.3 Å². The second-order valence-corrected chi connectivity index (χ2v) is 5.90. The number of allylic oxidation sites excluding steroid dienone is 2. The number of ether oxygens (including phenoxy) is 1. The smallest absolute Gasteiger partial charge is 0.229 e. The number of hydrogen-bond donors (Lipinski definition) is 1. The average molecular weight is 344 g/mol. The van der Waals surface area contributed by atoms with Crippen LogP contribution in [0.3, 0.4) is 0 Å². The van der Waals surface area contributed by atoms with Gasteiger partial charge < -0.3 is 14.9 Å². The standard InChI is InChI=1S/C20H16N4O2/c1-13-18-16(10-9-15-8-5-11-25-15)17(12-21)19(22)26-20(18)24(23-13)14-6-3-2-4-7-14/h2-11,16H,22H2,1H3/b10-9+. The van der Waals surface area contributed by atoms with Crippen LogP contribution in [0.2, 0.25) is 0 Å². The minimum Gasteiger partial charge on any atom is -0.465 e. The molecule has 0 aliphatic carbocycles. The molecule has 0 fully saturated rings. The Morgan fingerprint density at radius 1 is 1.23 bits per heavy atom. The van der Waals surface area contributed by atoms with Crippen LogP contribution in [-0.2, 0) is 0 Å². The number of benzene rings is 1. The highest BCUT2D eigenvalue weighted by Gasteiger charge is 2.33. The third kappa shape index (κ3) is 2.56. The van der Waals surface area contributed by atoms with E-state index in [-0.39, 0.29) is 11.8 Å². The lowest BCUT2D eigenvalue weighted by Gasteiger charge is -2.22. The number of nitrogens with two attached hydrogens (primary N) is 1. The van der Waals surface area contributed by atoms with Crippen LogP contribution in [0.15, 0.2) is 70.7 Å². The molecule has 1 aliphatic rings. The number of rotatable bonds is 3. The molecule has 3 heterocycles. The van der Waals surface area contributed by atoms with E-state index < -0.39 is 0 Å². The van der Waals surface area contributed by atoms with Crippen molar-refractivity contribution in [2.24, 2.45) is 5.73 Å². The minimum absolute atomic E-state index is 0.0891. The first-order valence-electron chi connectivity index (χ1n) is 8.13. The van der Waals surface area contributed by atoms with Gasteiger partial charge >= 0.3 is 0 Å². The summed E-state index contributed by atoms with van der Waals surface area (Å²) in [5.74, 6) is 0.957. The minimum atomic E-state index is -0.355. The van der Waals surface area contributed by atoms with Crippen molar-refractivity contribution in [1.82, 2.24) is 9.78 Å². The fourth-order valence-electron chi connectivity index (χ4n) is 3.07. The Morgan fingerprint density at radius 3 is 2.73 bits per heavy atom. The van der Waals surface area contributed by atoms with Gasteiger partial charge in [0, 0.05) is 0 Å². The summed E-state index contributed by atoms with van der Waals surface area (Å²) in [6.45, 7) is 1.89. The van der Waals surface area contributed by atoms with Gasteiger partial charge in [0.1, 0.15) is 17.4 Å². The normalized spacial score (nSPS) is 16.4. The second kappa shape index (κ2) is 6.30. The molecular weight excluding hydrogens is 328 g/mol. The number of furan rings is 1. The summed E-state index contributed by atoms with van der Waals surface area (Å²) in [5.41, 5.74) is 8.85. The summed E-state index contributed by atoms with van der Waals surface area (Å²) in [5, 5.41) is 14.2. The predicted octanol–water partition coefficient (Wildman–Crippen LogP) is 3.66. The zero-order chi connectivity index (χ0) is 18.1. The molecule has 2 N–H and O–H groups in total. The molecule has 0 saturated carbocycles. The third-order valence-corrected chi connectivity index (χ3v) is 4.27. The number of fused-ring (bicyclic) bond motifs is 1. The van der Waals surface area contributed by atoms with Crippen LogP contribution < -0.4 is 10.5 Å². The fraction of sp³-hybridized carbons (Fsp3) is 0.100. The molecule has 128 valence electrons. The Morgan fingerprint density at radius 2 is 2.04 bits per heavy atom. The van der Waals surface area contributed by atoms with E-state index in [1.165, 1.54) is 0 Å². The number of hydrogen-bond acceptors (Lipinski definition) is 5. The predicted molar refractivity (Wildman–Crippen MR) is 96.2 cm³/mol. The fourth-order valence-corrected chi connectivity index (χ4v) is 3.07. The first-order chi connectivity index (χ1) is 12.7. The molecule has 0 spiro atoms. The van der Waals surface area contributed by atoms with Crippen LogP contribution in [0.1, 0.15) is 22.9 Å². The van der Waals surface area contributed by atoms with E-state index in [0.717, 1.165) is 16.9 Å². The Hall–Kier alpha value is -3.72. The van der Waals surface area contributed by atoms with Crippen LogP contribution in [0.4, 0.5) is 0 Å². The lowest BCUT2D eigenvalue weighted by molar-refractivity contribution is 0.368. The number of aryl methyl sites for hydroxylation is 1. The van der Waals surface area contributed by atoms with Crippen molar-refractivity contribution < 1.29 is 9.15 Å². The van der Waals surface area contributed by atoms with E-state index in [1.807, 2.05) is 61.5 Å². The summed E-state index contributed by atoms with van der Waals surface area (Å²) >= 11 is 0. The van der Waals surface area contributed by atoms with Gasteiger partial charge in [-0.2, -0.15) is 10.4 Å². The van der Waals surface area contributed by atoms with Crippen LogP contribution in [-0.4, -0.2) is 9.78 Å². The Labute approximate surface area is 150 Å². The molecule has 1 aliphatic heterocycles. The van der Waals surface area contributed by atoms with Crippen LogP contribution in [0.25, 0.3) is 11.8 Å². The number of nitrogens with zero attached hydrogens (tertiary/aromatic N) is 3. The highest BCUT2D eigenvalue weighted by molar-refractivity contribution is 5.58. The van der Waals surface area contributed by atoms with E-state index >= 15 is 0 Å². The van der Waals surface area contributed by atoms with Crippen molar-refractivity contribution in [3.63, 3.8) is 0 Å². The van der Waals surface area contributed by atoms with Gasteiger partial charge in [0.05, 0.1) is 29.1 Å². The van der Waals surface area contributed by atoms with Crippen molar-refractivity contribution in [2.75, 3.05) is 0 Å². The highest BCUT2D eigenvalue weighted by atomic mass is 16.5. The third-order valence-electron chi connectivity index (χ3n) is 4.27. The largest absolute Gasteiger partial charge is 0.465 e. The van der Waals surface area contributed by atoms with Crippen molar-refractivity contribution >= 4 is 6.08 Å². The van der Waals surface area contributed by atoms with E-state index in [0.29, 0.717) is 17.2 Å². The number of nitriles is 1. The number of aromatic nitrogens is 2. The first kappa shape index (κ1) is 15.8. The van der Waals surface area contributed by atoms with Gasteiger partial charge in [-0.15, -0.1) is 0 Å².